The van der Waals surface area contributed by atoms with E-state index < -0.39 is 0 Å². The van der Waals surface area contributed by atoms with Crippen LogP contribution >= 0.6 is 0 Å². The molecule has 1 aliphatic rings. The number of anilines is 2. The highest BCUT2D eigenvalue weighted by molar-refractivity contribution is 6.01. The molecule has 1 amide bonds. The van der Waals surface area contributed by atoms with Crippen LogP contribution in [0.1, 0.15) is 30.9 Å². The van der Waals surface area contributed by atoms with Gasteiger partial charge in [-0.25, -0.2) is 0 Å². The first-order chi connectivity index (χ1) is 9.18. The number of hydrogen-bond acceptors (Lipinski definition) is 1. The quantitative estimate of drug-likeness (QED) is 0.692. The maximum atomic E-state index is 12.1. The van der Waals surface area contributed by atoms with Crippen LogP contribution < -0.4 is 4.90 Å². The standard InChI is InChI=1S/C17H17NO/c1-12-11-14-7-3-5-9-16(14)18(13(2)19)17-10-6-4-8-15(12)17/h3-10,12H,11H2,1-2H3. The van der Waals surface area contributed by atoms with Crippen LogP contribution in [-0.4, -0.2) is 5.91 Å². The first kappa shape index (κ1) is 12.0. The minimum atomic E-state index is 0.0639. The van der Waals surface area contributed by atoms with E-state index in [0.717, 1.165) is 17.8 Å². The average Bonchev–Trinajstić information content (AvgIpc) is 2.53. The van der Waals surface area contributed by atoms with Gasteiger partial charge in [0.05, 0.1) is 11.4 Å². The van der Waals surface area contributed by atoms with Gasteiger partial charge in [-0.2, -0.15) is 0 Å². The molecular weight excluding hydrogens is 234 g/mol. The third-order valence-corrected chi connectivity index (χ3v) is 3.78. The molecule has 1 unspecified atom stereocenters. The van der Waals surface area contributed by atoms with E-state index in [4.69, 9.17) is 0 Å². The smallest absolute Gasteiger partial charge is 0.228 e. The average molecular weight is 251 g/mol. The summed E-state index contributed by atoms with van der Waals surface area (Å²) in [6.45, 7) is 3.85. The van der Waals surface area contributed by atoms with Crippen molar-refractivity contribution >= 4 is 17.3 Å². The van der Waals surface area contributed by atoms with Gasteiger partial charge in [-0.3, -0.25) is 9.69 Å². The van der Waals surface area contributed by atoms with Crippen molar-refractivity contribution in [3.05, 3.63) is 59.7 Å². The zero-order valence-corrected chi connectivity index (χ0v) is 11.3. The third-order valence-electron chi connectivity index (χ3n) is 3.78. The predicted molar refractivity (Wildman–Crippen MR) is 77.8 cm³/mol. The molecule has 0 aromatic heterocycles. The van der Waals surface area contributed by atoms with E-state index in [1.54, 1.807) is 6.92 Å². The molecule has 2 nitrogen and oxygen atoms in total. The van der Waals surface area contributed by atoms with Gasteiger partial charge in [0, 0.05) is 6.92 Å². The lowest BCUT2D eigenvalue weighted by atomic mass is 9.94. The van der Waals surface area contributed by atoms with Gasteiger partial charge in [0.25, 0.3) is 0 Å². The molecule has 3 rings (SSSR count). The van der Waals surface area contributed by atoms with Crippen molar-refractivity contribution in [3.8, 4) is 0 Å². The van der Waals surface area contributed by atoms with Crippen molar-refractivity contribution in [1.29, 1.82) is 0 Å². The van der Waals surface area contributed by atoms with Gasteiger partial charge in [-0.1, -0.05) is 43.3 Å². The molecule has 1 aliphatic heterocycles. The summed E-state index contributed by atoms with van der Waals surface area (Å²) >= 11 is 0. The molecular formula is C17H17NO. The Bertz CT molecular complexity index is 633. The summed E-state index contributed by atoms with van der Waals surface area (Å²) in [7, 11) is 0. The summed E-state index contributed by atoms with van der Waals surface area (Å²) in [5.74, 6) is 0.482. The van der Waals surface area contributed by atoms with Crippen molar-refractivity contribution in [2.45, 2.75) is 26.2 Å². The van der Waals surface area contributed by atoms with E-state index in [9.17, 15) is 4.79 Å². The summed E-state index contributed by atoms with van der Waals surface area (Å²) in [5, 5.41) is 0. The number of carbonyl (C=O) groups is 1. The predicted octanol–water partition coefficient (Wildman–Crippen LogP) is 4.03. The van der Waals surface area contributed by atoms with E-state index in [2.05, 4.69) is 19.1 Å². The van der Waals surface area contributed by atoms with Crippen LogP contribution in [0.3, 0.4) is 0 Å². The molecule has 1 heterocycles. The van der Waals surface area contributed by atoms with Crippen LogP contribution in [0.25, 0.3) is 0 Å². The number of benzene rings is 2. The largest absolute Gasteiger partial charge is 0.281 e. The SMILES string of the molecule is CC(=O)N1c2ccccc2CC(C)c2ccccc21. The Kier molecular flexibility index (Phi) is 2.86. The van der Waals surface area contributed by atoms with Crippen LogP contribution in [0.15, 0.2) is 48.5 Å². The molecule has 1 atom stereocenters. The first-order valence-electron chi connectivity index (χ1n) is 6.66. The molecule has 0 aliphatic carbocycles. The second-order valence-corrected chi connectivity index (χ2v) is 5.15. The molecule has 2 aromatic carbocycles. The molecule has 96 valence electrons. The Morgan fingerprint density at radius 2 is 1.68 bits per heavy atom. The van der Waals surface area contributed by atoms with Gasteiger partial charge in [-0.05, 0) is 35.6 Å². The Balaban J connectivity index is 2.28. The van der Waals surface area contributed by atoms with Crippen LogP contribution in [0.2, 0.25) is 0 Å². The minimum Gasteiger partial charge on any atom is -0.281 e. The van der Waals surface area contributed by atoms with Gasteiger partial charge in [-0.15, -0.1) is 0 Å². The lowest BCUT2D eigenvalue weighted by Crippen LogP contribution is -2.23. The van der Waals surface area contributed by atoms with E-state index in [0.29, 0.717) is 5.92 Å². The minimum absolute atomic E-state index is 0.0639. The molecule has 2 heteroatoms. The van der Waals surface area contributed by atoms with Gasteiger partial charge >= 0.3 is 0 Å². The lowest BCUT2D eigenvalue weighted by Gasteiger charge is -2.23. The topological polar surface area (TPSA) is 20.3 Å². The zero-order valence-electron chi connectivity index (χ0n) is 11.3. The Morgan fingerprint density at radius 3 is 2.42 bits per heavy atom. The fourth-order valence-electron chi connectivity index (χ4n) is 2.92. The second-order valence-electron chi connectivity index (χ2n) is 5.15. The molecule has 0 bridgehead atoms. The van der Waals surface area contributed by atoms with E-state index in [-0.39, 0.29) is 5.91 Å². The third kappa shape index (κ3) is 1.93. The molecule has 0 fully saturated rings. The normalized spacial score (nSPS) is 17.4. The van der Waals surface area contributed by atoms with Gasteiger partial charge < -0.3 is 0 Å². The number of carbonyl (C=O) groups excluding carboxylic acids is 1. The maximum Gasteiger partial charge on any atom is 0.228 e. The van der Waals surface area contributed by atoms with Crippen molar-refractivity contribution in [2.75, 3.05) is 4.90 Å². The summed E-state index contributed by atoms with van der Waals surface area (Å²) in [6.07, 6.45) is 0.969. The number of para-hydroxylation sites is 2. The van der Waals surface area contributed by atoms with Crippen molar-refractivity contribution < 1.29 is 4.79 Å². The van der Waals surface area contributed by atoms with E-state index in [1.165, 1.54) is 11.1 Å². The van der Waals surface area contributed by atoms with E-state index >= 15 is 0 Å². The van der Waals surface area contributed by atoms with Gasteiger partial charge in [0.1, 0.15) is 0 Å². The van der Waals surface area contributed by atoms with E-state index in [1.807, 2.05) is 41.3 Å². The summed E-state index contributed by atoms with van der Waals surface area (Å²) in [6, 6.07) is 16.4. The van der Waals surface area contributed by atoms with Crippen molar-refractivity contribution in [2.24, 2.45) is 0 Å². The summed E-state index contributed by atoms with van der Waals surface area (Å²) in [4.78, 5) is 14.0. The lowest BCUT2D eigenvalue weighted by molar-refractivity contribution is -0.115. The number of fused-ring (bicyclic) bond motifs is 2. The highest BCUT2D eigenvalue weighted by Gasteiger charge is 2.26. The molecule has 19 heavy (non-hydrogen) atoms. The monoisotopic (exact) mass is 251 g/mol. The Labute approximate surface area is 113 Å². The highest BCUT2D eigenvalue weighted by atomic mass is 16.2. The number of nitrogens with zero attached hydrogens (tertiary/aromatic N) is 1. The second kappa shape index (κ2) is 4.54. The van der Waals surface area contributed by atoms with Crippen LogP contribution in [-0.2, 0) is 11.2 Å². The molecule has 0 saturated carbocycles. The van der Waals surface area contributed by atoms with Crippen molar-refractivity contribution in [3.63, 3.8) is 0 Å². The fraction of sp³-hybridized carbons (Fsp3) is 0.235. The van der Waals surface area contributed by atoms with Crippen LogP contribution in [0.5, 0.6) is 0 Å². The molecule has 2 aromatic rings. The zero-order chi connectivity index (χ0) is 13.4. The number of rotatable bonds is 0. The molecule has 0 saturated heterocycles. The molecule has 0 N–H and O–H groups in total. The highest BCUT2D eigenvalue weighted by Crippen LogP contribution is 2.40. The summed E-state index contributed by atoms with van der Waals surface area (Å²) in [5.41, 5.74) is 4.52. The van der Waals surface area contributed by atoms with Gasteiger partial charge in [0.2, 0.25) is 5.91 Å². The molecule has 0 radical (unpaired) electrons. The number of amides is 1. The summed E-state index contributed by atoms with van der Waals surface area (Å²) < 4.78 is 0. The van der Waals surface area contributed by atoms with Gasteiger partial charge in [0.15, 0.2) is 0 Å². The Hall–Kier alpha value is -2.09. The molecule has 0 spiro atoms. The van der Waals surface area contributed by atoms with Crippen LogP contribution in [0.4, 0.5) is 11.4 Å². The maximum absolute atomic E-state index is 12.1. The fourth-order valence-corrected chi connectivity index (χ4v) is 2.92. The first-order valence-corrected chi connectivity index (χ1v) is 6.66. The van der Waals surface area contributed by atoms with Crippen molar-refractivity contribution in [1.82, 2.24) is 0 Å². The number of hydrogen-bond donors (Lipinski definition) is 0. The van der Waals surface area contributed by atoms with Crippen LogP contribution in [0, 0.1) is 0 Å². The Morgan fingerprint density at radius 1 is 1.05 bits per heavy atom.